The van der Waals surface area contributed by atoms with Crippen LogP contribution in [0.25, 0.3) is 0 Å². The highest BCUT2D eigenvalue weighted by Gasteiger charge is 2.19. The lowest BCUT2D eigenvalue weighted by atomic mass is 9.93. The quantitative estimate of drug-likeness (QED) is 0.787. The Kier molecular flexibility index (Phi) is 2.78. The van der Waals surface area contributed by atoms with Crippen LogP contribution in [-0.4, -0.2) is 0 Å². The third-order valence-corrected chi connectivity index (χ3v) is 3.52. The molecule has 0 aliphatic carbocycles. The summed E-state index contributed by atoms with van der Waals surface area (Å²) >= 11 is 0. The Morgan fingerprint density at radius 1 is 1.17 bits per heavy atom. The molecule has 2 aromatic rings. The molecule has 92 valence electrons. The van der Waals surface area contributed by atoms with E-state index < -0.39 is 0 Å². The predicted molar refractivity (Wildman–Crippen MR) is 72.3 cm³/mol. The predicted octanol–water partition coefficient (Wildman–Crippen LogP) is 4.23. The molecule has 3 rings (SSSR count). The second kappa shape index (κ2) is 4.45. The van der Waals surface area contributed by atoms with Gasteiger partial charge in [0.05, 0.1) is 6.04 Å². The van der Waals surface area contributed by atoms with Gasteiger partial charge in [0.2, 0.25) is 0 Å². The summed E-state index contributed by atoms with van der Waals surface area (Å²) in [6, 6.07) is 13.8. The number of para-hydroxylation sites is 1. The number of halogens is 1. The van der Waals surface area contributed by atoms with Crippen molar-refractivity contribution in [3.8, 4) is 0 Å². The van der Waals surface area contributed by atoms with Gasteiger partial charge < -0.3 is 5.32 Å². The lowest BCUT2D eigenvalue weighted by Crippen LogP contribution is -2.18. The van der Waals surface area contributed by atoms with E-state index in [1.807, 2.05) is 13.0 Å². The van der Waals surface area contributed by atoms with Crippen LogP contribution in [0.4, 0.5) is 10.1 Å². The normalized spacial score (nSPS) is 18.0. The van der Waals surface area contributed by atoms with Gasteiger partial charge in [-0.05, 0) is 54.7 Å². The first-order valence-corrected chi connectivity index (χ1v) is 6.34. The summed E-state index contributed by atoms with van der Waals surface area (Å²) in [6.45, 7) is 1.93. The van der Waals surface area contributed by atoms with Gasteiger partial charge in [-0.2, -0.15) is 0 Å². The zero-order chi connectivity index (χ0) is 12.5. The summed E-state index contributed by atoms with van der Waals surface area (Å²) in [5.41, 5.74) is 4.55. The van der Waals surface area contributed by atoms with Gasteiger partial charge in [-0.15, -0.1) is 0 Å². The Morgan fingerprint density at radius 3 is 2.83 bits per heavy atom. The van der Waals surface area contributed by atoms with Crippen molar-refractivity contribution in [1.29, 1.82) is 0 Å². The first kappa shape index (κ1) is 11.3. The minimum atomic E-state index is -0.148. The van der Waals surface area contributed by atoms with E-state index in [0.717, 1.165) is 24.0 Å². The fraction of sp³-hybridized carbons (Fsp3) is 0.250. The topological polar surface area (TPSA) is 12.0 Å². The first-order chi connectivity index (χ1) is 8.72. The molecule has 0 saturated heterocycles. The molecule has 1 nitrogen and oxygen atoms in total. The van der Waals surface area contributed by atoms with Gasteiger partial charge >= 0.3 is 0 Å². The minimum Gasteiger partial charge on any atom is -0.378 e. The second-order valence-electron chi connectivity index (χ2n) is 4.95. The van der Waals surface area contributed by atoms with Gasteiger partial charge in [0.1, 0.15) is 5.82 Å². The van der Waals surface area contributed by atoms with Gasteiger partial charge in [-0.3, -0.25) is 0 Å². The molecule has 1 unspecified atom stereocenters. The summed E-state index contributed by atoms with van der Waals surface area (Å²) in [5, 5.41) is 3.50. The molecule has 0 aromatic heterocycles. The van der Waals surface area contributed by atoms with Crippen molar-refractivity contribution in [2.45, 2.75) is 25.8 Å². The van der Waals surface area contributed by atoms with Crippen LogP contribution < -0.4 is 5.32 Å². The zero-order valence-corrected chi connectivity index (χ0v) is 10.4. The van der Waals surface area contributed by atoms with E-state index in [9.17, 15) is 4.39 Å². The van der Waals surface area contributed by atoms with Crippen molar-refractivity contribution < 1.29 is 4.39 Å². The van der Waals surface area contributed by atoms with Crippen molar-refractivity contribution in [3.63, 3.8) is 0 Å². The highest BCUT2D eigenvalue weighted by Crippen LogP contribution is 2.32. The molecular weight excluding hydrogens is 225 g/mol. The lowest BCUT2D eigenvalue weighted by molar-refractivity contribution is 0.612. The van der Waals surface area contributed by atoms with E-state index in [1.54, 1.807) is 12.1 Å². The monoisotopic (exact) mass is 241 g/mol. The third-order valence-electron chi connectivity index (χ3n) is 3.52. The van der Waals surface area contributed by atoms with Crippen LogP contribution in [-0.2, 0) is 6.42 Å². The Balaban J connectivity index is 1.91. The molecule has 0 radical (unpaired) electrons. The number of aryl methyl sites for hydroxylation is 2. The number of fused-ring (bicyclic) bond motifs is 1. The standard InChI is InChI=1S/C16H16FN/c1-11-8-13(10-14(17)9-11)16-7-6-12-4-2-3-5-15(12)18-16/h2-5,8-10,16,18H,6-7H2,1H3. The largest absolute Gasteiger partial charge is 0.378 e. The van der Waals surface area contributed by atoms with Crippen molar-refractivity contribution in [1.82, 2.24) is 0 Å². The summed E-state index contributed by atoms with van der Waals surface area (Å²) in [6.07, 6.45) is 2.06. The molecule has 2 heteroatoms. The van der Waals surface area contributed by atoms with Gasteiger partial charge in [0.15, 0.2) is 0 Å². The van der Waals surface area contributed by atoms with Crippen LogP contribution >= 0.6 is 0 Å². The molecule has 1 aliphatic rings. The van der Waals surface area contributed by atoms with Crippen LogP contribution in [0.5, 0.6) is 0 Å². The number of benzene rings is 2. The molecule has 0 amide bonds. The molecular formula is C16H16FN. The average Bonchev–Trinajstić information content (AvgIpc) is 2.37. The highest BCUT2D eigenvalue weighted by molar-refractivity contribution is 5.55. The van der Waals surface area contributed by atoms with E-state index in [1.165, 1.54) is 11.3 Å². The maximum atomic E-state index is 13.5. The SMILES string of the molecule is Cc1cc(F)cc(C2CCc3ccccc3N2)c1. The lowest BCUT2D eigenvalue weighted by Gasteiger charge is -2.27. The van der Waals surface area contributed by atoms with E-state index in [-0.39, 0.29) is 11.9 Å². The maximum Gasteiger partial charge on any atom is 0.123 e. The Labute approximate surface area is 107 Å². The Bertz CT molecular complexity index is 557. The number of hydrogen-bond acceptors (Lipinski definition) is 1. The summed E-state index contributed by atoms with van der Waals surface area (Å²) in [4.78, 5) is 0. The van der Waals surface area contributed by atoms with Gasteiger partial charge in [-0.1, -0.05) is 24.3 Å². The molecule has 18 heavy (non-hydrogen) atoms. The minimum absolute atomic E-state index is 0.148. The smallest absolute Gasteiger partial charge is 0.123 e. The number of rotatable bonds is 1. The second-order valence-corrected chi connectivity index (χ2v) is 4.95. The van der Waals surface area contributed by atoms with Crippen molar-refractivity contribution in [2.24, 2.45) is 0 Å². The number of anilines is 1. The van der Waals surface area contributed by atoms with Crippen LogP contribution in [0, 0.1) is 12.7 Å². The van der Waals surface area contributed by atoms with Crippen molar-refractivity contribution >= 4 is 5.69 Å². The molecule has 1 heterocycles. The van der Waals surface area contributed by atoms with Crippen LogP contribution in [0.15, 0.2) is 42.5 Å². The summed E-state index contributed by atoms with van der Waals surface area (Å²) in [5.74, 6) is -0.148. The summed E-state index contributed by atoms with van der Waals surface area (Å²) < 4.78 is 13.5. The van der Waals surface area contributed by atoms with E-state index in [2.05, 4.69) is 29.6 Å². The van der Waals surface area contributed by atoms with Gasteiger partial charge in [0, 0.05) is 5.69 Å². The molecule has 1 N–H and O–H groups in total. The maximum absolute atomic E-state index is 13.5. The molecule has 2 aromatic carbocycles. The Hall–Kier alpha value is -1.83. The van der Waals surface area contributed by atoms with Crippen LogP contribution in [0.1, 0.15) is 29.2 Å². The summed E-state index contributed by atoms with van der Waals surface area (Å²) in [7, 11) is 0. The van der Waals surface area contributed by atoms with E-state index in [0.29, 0.717) is 0 Å². The molecule has 0 saturated carbocycles. The van der Waals surface area contributed by atoms with Gasteiger partial charge in [0.25, 0.3) is 0 Å². The molecule has 0 bridgehead atoms. The fourth-order valence-corrected chi connectivity index (χ4v) is 2.65. The molecule has 0 spiro atoms. The third kappa shape index (κ3) is 2.10. The molecule has 1 atom stereocenters. The first-order valence-electron chi connectivity index (χ1n) is 6.34. The van der Waals surface area contributed by atoms with E-state index >= 15 is 0 Å². The van der Waals surface area contributed by atoms with Crippen molar-refractivity contribution in [2.75, 3.05) is 5.32 Å². The van der Waals surface area contributed by atoms with Crippen LogP contribution in [0.3, 0.4) is 0 Å². The Morgan fingerprint density at radius 2 is 2.00 bits per heavy atom. The molecule has 0 fully saturated rings. The van der Waals surface area contributed by atoms with Crippen molar-refractivity contribution in [3.05, 3.63) is 65.0 Å². The number of nitrogens with one attached hydrogen (secondary N) is 1. The zero-order valence-electron chi connectivity index (χ0n) is 10.4. The highest BCUT2D eigenvalue weighted by atomic mass is 19.1. The number of hydrogen-bond donors (Lipinski definition) is 1. The fourth-order valence-electron chi connectivity index (χ4n) is 2.65. The van der Waals surface area contributed by atoms with Gasteiger partial charge in [-0.25, -0.2) is 4.39 Å². The molecule has 1 aliphatic heterocycles. The van der Waals surface area contributed by atoms with E-state index in [4.69, 9.17) is 0 Å². The average molecular weight is 241 g/mol. The van der Waals surface area contributed by atoms with Crippen LogP contribution in [0.2, 0.25) is 0 Å².